The first-order chi connectivity index (χ1) is 12.6. The molecule has 1 amide bonds. The van der Waals surface area contributed by atoms with Crippen LogP contribution in [0.3, 0.4) is 0 Å². The molecule has 1 aromatic carbocycles. The van der Waals surface area contributed by atoms with Crippen molar-refractivity contribution < 1.29 is 4.79 Å². The van der Waals surface area contributed by atoms with E-state index < -0.39 is 0 Å². The highest BCUT2D eigenvalue weighted by molar-refractivity contribution is 5.83. The Labute approximate surface area is 154 Å². The van der Waals surface area contributed by atoms with Crippen molar-refractivity contribution in [3.05, 3.63) is 59.7 Å². The number of benzene rings is 1. The molecule has 0 spiro atoms. The van der Waals surface area contributed by atoms with Gasteiger partial charge >= 0.3 is 0 Å². The number of amides is 1. The van der Waals surface area contributed by atoms with Crippen LogP contribution in [0, 0.1) is 18.8 Å². The Balaban J connectivity index is 1.32. The van der Waals surface area contributed by atoms with E-state index in [1.807, 2.05) is 4.90 Å². The highest BCUT2D eigenvalue weighted by Crippen LogP contribution is 2.49. The molecule has 1 aliphatic carbocycles. The molecule has 3 unspecified atom stereocenters. The van der Waals surface area contributed by atoms with Crippen LogP contribution in [0.1, 0.15) is 48.2 Å². The fraction of sp³-hybridized carbons (Fsp3) is 0.476. The molecule has 4 rings (SSSR count). The lowest BCUT2D eigenvalue weighted by atomic mass is 9.89. The molecule has 1 saturated heterocycles. The summed E-state index contributed by atoms with van der Waals surface area (Å²) in [6.45, 7) is 3.69. The molecule has 5 heteroatoms. The number of rotatable bonds is 4. The van der Waals surface area contributed by atoms with Gasteiger partial charge in [0.25, 0.3) is 0 Å². The van der Waals surface area contributed by atoms with Crippen molar-refractivity contribution in [3.8, 4) is 0 Å². The Morgan fingerprint density at radius 1 is 1.19 bits per heavy atom. The molecular weight excluding hydrogens is 324 g/mol. The quantitative estimate of drug-likeness (QED) is 0.920. The zero-order valence-electron chi connectivity index (χ0n) is 15.2. The number of hydrogen-bond donors (Lipinski definition) is 1. The van der Waals surface area contributed by atoms with Crippen LogP contribution in [0.5, 0.6) is 0 Å². The second kappa shape index (κ2) is 7.16. The smallest absolute Gasteiger partial charge is 0.226 e. The number of aryl methyl sites for hydroxylation is 1. The minimum atomic E-state index is -0.144. The summed E-state index contributed by atoms with van der Waals surface area (Å²) in [5, 5.41) is 0. The van der Waals surface area contributed by atoms with Gasteiger partial charge in [0.2, 0.25) is 5.91 Å². The fourth-order valence-electron chi connectivity index (χ4n) is 4.14. The molecule has 0 bridgehead atoms. The Morgan fingerprint density at radius 3 is 2.62 bits per heavy atom. The van der Waals surface area contributed by atoms with Crippen molar-refractivity contribution in [3.63, 3.8) is 0 Å². The number of piperidine rings is 1. The normalized spacial score (nSPS) is 24.3. The molecule has 5 nitrogen and oxygen atoms in total. The molecule has 1 aliphatic heterocycles. The predicted octanol–water partition coefficient (Wildman–Crippen LogP) is 2.83. The average Bonchev–Trinajstić information content (AvgIpc) is 3.49. The van der Waals surface area contributed by atoms with Gasteiger partial charge in [0.05, 0.1) is 6.04 Å². The monoisotopic (exact) mass is 350 g/mol. The van der Waals surface area contributed by atoms with Crippen molar-refractivity contribution in [2.45, 2.75) is 38.1 Å². The van der Waals surface area contributed by atoms with Gasteiger partial charge in [0, 0.05) is 31.4 Å². The van der Waals surface area contributed by atoms with E-state index in [4.69, 9.17) is 5.73 Å². The molecule has 0 radical (unpaired) electrons. The summed E-state index contributed by atoms with van der Waals surface area (Å²) >= 11 is 0. The third kappa shape index (κ3) is 3.49. The van der Waals surface area contributed by atoms with Crippen LogP contribution in [0.2, 0.25) is 0 Å². The molecular formula is C21H26N4O. The second-order valence-corrected chi connectivity index (χ2v) is 7.66. The van der Waals surface area contributed by atoms with Crippen LogP contribution in [0.25, 0.3) is 0 Å². The first-order valence-electron chi connectivity index (χ1n) is 9.51. The van der Waals surface area contributed by atoms with Gasteiger partial charge in [-0.25, -0.2) is 9.97 Å². The van der Waals surface area contributed by atoms with Gasteiger partial charge in [-0.15, -0.1) is 0 Å². The molecule has 2 N–H and O–H groups in total. The van der Waals surface area contributed by atoms with Gasteiger partial charge in [-0.1, -0.05) is 29.8 Å². The summed E-state index contributed by atoms with van der Waals surface area (Å²) in [5.74, 6) is 1.94. The number of nitrogens with zero attached hydrogens (tertiary/aromatic N) is 3. The summed E-state index contributed by atoms with van der Waals surface area (Å²) in [5.41, 5.74) is 8.92. The van der Waals surface area contributed by atoms with E-state index in [9.17, 15) is 4.79 Å². The summed E-state index contributed by atoms with van der Waals surface area (Å²) in [6, 6.07) is 10.2. The molecule has 1 saturated carbocycles. The maximum atomic E-state index is 12.8. The van der Waals surface area contributed by atoms with Crippen LogP contribution in [0.15, 0.2) is 42.7 Å². The van der Waals surface area contributed by atoms with Crippen LogP contribution in [-0.4, -0.2) is 33.9 Å². The lowest BCUT2D eigenvalue weighted by Gasteiger charge is -2.34. The summed E-state index contributed by atoms with van der Waals surface area (Å²) < 4.78 is 0. The van der Waals surface area contributed by atoms with E-state index in [1.54, 1.807) is 18.5 Å². The highest BCUT2D eigenvalue weighted by Gasteiger charge is 2.46. The Kier molecular flexibility index (Phi) is 4.72. The van der Waals surface area contributed by atoms with E-state index in [0.29, 0.717) is 23.6 Å². The van der Waals surface area contributed by atoms with Crippen LogP contribution in [0.4, 0.5) is 0 Å². The van der Waals surface area contributed by atoms with Gasteiger partial charge in [-0.2, -0.15) is 0 Å². The Bertz CT molecular complexity index is 771. The molecule has 2 heterocycles. The Hall–Kier alpha value is -2.27. The average molecular weight is 350 g/mol. The minimum Gasteiger partial charge on any atom is -0.342 e. The van der Waals surface area contributed by atoms with Crippen molar-refractivity contribution in [2.75, 3.05) is 13.1 Å². The summed E-state index contributed by atoms with van der Waals surface area (Å²) in [6.07, 6.45) is 6.30. The standard InChI is InChI=1S/C21H26N4O/c1-14-4-2-5-16(12-14)17-13-18(17)21(26)25-10-6-15(7-11-25)19(22)20-23-8-3-9-24-20/h2-5,8-9,12,15,17-19H,6-7,10-11,13,22H2,1H3. The summed E-state index contributed by atoms with van der Waals surface area (Å²) in [4.78, 5) is 23.4. The summed E-state index contributed by atoms with van der Waals surface area (Å²) in [7, 11) is 0. The minimum absolute atomic E-state index is 0.144. The molecule has 2 aliphatic rings. The van der Waals surface area contributed by atoms with Gasteiger partial charge in [0.1, 0.15) is 5.82 Å². The van der Waals surface area contributed by atoms with Crippen molar-refractivity contribution in [1.29, 1.82) is 0 Å². The van der Waals surface area contributed by atoms with Crippen molar-refractivity contribution >= 4 is 5.91 Å². The maximum absolute atomic E-state index is 12.8. The van der Waals surface area contributed by atoms with Crippen LogP contribution in [-0.2, 0) is 4.79 Å². The van der Waals surface area contributed by atoms with E-state index >= 15 is 0 Å². The topological polar surface area (TPSA) is 72.1 Å². The Morgan fingerprint density at radius 2 is 1.92 bits per heavy atom. The number of carbonyl (C=O) groups is 1. The lowest BCUT2D eigenvalue weighted by molar-refractivity contribution is -0.134. The highest BCUT2D eigenvalue weighted by atomic mass is 16.2. The SMILES string of the molecule is Cc1cccc(C2CC2C(=O)N2CCC(C(N)c3ncccn3)CC2)c1. The van der Waals surface area contributed by atoms with Crippen LogP contribution >= 0.6 is 0 Å². The molecule has 3 atom stereocenters. The number of aromatic nitrogens is 2. The molecule has 26 heavy (non-hydrogen) atoms. The fourth-order valence-corrected chi connectivity index (χ4v) is 4.14. The third-order valence-electron chi connectivity index (χ3n) is 5.82. The predicted molar refractivity (Wildman–Crippen MR) is 100 cm³/mol. The zero-order chi connectivity index (χ0) is 18.1. The second-order valence-electron chi connectivity index (χ2n) is 7.66. The molecule has 136 valence electrons. The van der Waals surface area contributed by atoms with E-state index in [1.165, 1.54) is 11.1 Å². The van der Waals surface area contributed by atoms with Gasteiger partial charge in [0.15, 0.2) is 0 Å². The number of hydrogen-bond acceptors (Lipinski definition) is 4. The van der Waals surface area contributed by atoms with E-state index in [2.05, 4.69) is 41.2 Å². The van der Waals surface area contributed by atoms with Crippen LogP contribution < -0.4 is 5.73 Å². The third-order valence-corrected chi connectivity index (χ3v) is 5.82. The van der Waals surface area contributed by atoms with Gasteiger partial charge < -0.3 is 10.6 Å². The maximum Gasteiger partial charge on any atom is 0.226 e. The van der Waals surface area contributed by atoms with Crippen molar-refractivity contribution in [2.24, 2.45) is 17.6 Å². The lowest BCUT2D eigenvalue weighted by Crippen LogP contribution is -2.42. The number of likely N-dealkylation sites (tertiary alicyclic amines) is 1. The first-order valence-corrected chi connectivity index (χ1v) is 9.51. The molecule has 2 fully saturated rings. The zero-order valence-corrected chi connectivity index (χ0v) is 15.2. The number of nitrogens with two attached hydrogens (primary N) is 1. The molecule has 2 aromatic rings. The number of carbonyl (C=O) groups excluding carboxylic acids is 1. The van der Waals surface area contributed by atoms with Crippen molar-refractivity contribution in [1.82, 2.24) is 14.9 Å². The van der Waals surface area contributed by atoms with E-state index in [0.717, 1.165) is 32.4 Å². The largest absolute Gasteiger partial charge is 0.342 e. The van der Waals surface area contributed by atoms with E-state index in [-0.39, 0.29) is 12.0 Å². The van der Waals surface area contributed by atoms with Gasteiger partial charge in [-0.3, -0.25) is 4.79 Å². The first kappa shape index (κ1) is 17.2. The molecule has 1 aromatic heterocycles. The van der Waals surface area contributed by atoms with Gasteiger partial charge in [-0.05, 0) is 49.7 Å².